The van der Waals surface area contributed by atoms with E-state index in [9.17, 15) is 21.6 Å². The lowest BCUT2D eigenvalue weighted by molar-refractivity contribution is -0.136. The molecule has 0 aromatic heterocycles. The number of aliphatic hydroxyl groups is 1. The Kier molecular flexibility index (Phi) is 5.51. The van der Waals surface area contributed by atoms with E-state index in [1.54, 1.807) is 6.07 Å². The summed E-state index contributed by atoms with van der Waals surface area (Å²) in [5.41, 5.74) is 5.61. The molecule has 114 valence electrons. The lowest BCUT2D eigenvalue weighted by Gasteiger charge is -2.23. The minimum Gasteiger partial charge on any atom is -0.395 e. The molecule has 5 nitrogen and oxygen atoms in total. The molecular formula is C11H15F3N2O3S. The molecule has 0 saturated heterocycles. The summed E-state index contributed by atoms with van der Waals surface area (Å²) >= 11 is 0. The van der Waals surface area contributed by atoms with E-state index in [-0.39, 0.29) is 21.3 Å². The average Bonchev–Trinajstić information content (AvgIpc) is 2.36. The van der Waals surface area contributed by atoms with Crippen molar-refractivity contribution in [1.29, 1.82) is 0 Å². The number of nitrogens with two attached hydrogens (primary N) is 1. The number of hydrogen-bond donors (Lipinski definition) is 2. The van der Waals surface area contributed by atoms with Gasteiger partial charge in [0.25, 0.3) is 0 Å². The second kappa shape index (κ2) is 6.53. The van der Waals surface area contributed by atoms with Crippen molar-refractivity contribution in [3.63, 3.8) is 0 Å². The molecule has 3 N–H and O–H groups in total. The Morgan fingerprint density at radius 1 is 1.25 bits per heavy atom. The third kappa shape index (κ3) is 4.17. The first-order valence-electron chi connectivity index (χ1n) is 5.68. The van der Waals surface area contributed by atoms with Crippen LogP contribution in [-0.2, 0) is 16.6 Å². The first-order chi connectivity index (χ1) is 9.22. The van der Waals surface area contributed by atoms with Crippen LogP contribution in [0, 0.1) is 0 Å². The Bertz CT molecular complexity index is 546. The maximum absolute atomic E-state index is 12.4. The van der Waals surface area contributed by atoms with Gasteiger partial charge < -0.3 is 10.8 Å². The number of aliphatic hydroxyl groups excluding tert-OH is 1. The Balaban J connectivity index is 3.22. The number of rotatable bonds is 6. The molecule has 0 bridgehead atoms. The fourth-order valence-electron chi connectivity index (χ4n) is 1.66. The summed E-state index contributed by atoms with van der Waals surface area (Å²) in [5, 5.41) is 8.77. The van der Waals surface area contributed by atoms with Gasteiger partial charge in [0.1, 0.15) is 6.54 Å². The van der Waals surface area contributed by atoms with Crippen LogP contribution in [0.15, 0.2) is 29.2 Å². The van der Waals surface area contributed by atoms with Gasteiger partial charge >= 0.3 is 6.18 Å². The second-order valence-corrected chi connectivity index (χ2v) is 5.90. The Labute approximate surface area is 114 Å². The first kappa shape index (κ1) is 16.9. The van der Waals surface area contributed by atoms with Gasteiger partial charge in [-0.1, -0.05) is 18.2 Å². The van der Waals surface area contributed by atoms with E-state index in [4.69, 9.17) is 10.8 Å². The topological polar surface area (TPSA) is 83.6 Å². The van der Waals surface area contributed by atoms with Crippen molar-refractivity contribution in [3.05, 3.63) is 29.8 Å². The van der Waals surface area contributed by atoms with Crippen molar-refractivity contribution < 1.29 is 26.7 Å². The summed E-state index contributed by atoms with van der Waals surface area (Å²) in [6, 6.07) is 5.56. The maximum atomic E-state index is 12.4. The Hall–Kier alpha value is -1.16. The third-order valence-corrected chi connectivity index (χ3v) is 4.46. The number of halogens is 3. The molecule has 0 aliphatic heterocycles. The van der Waals surface area contributed by atoms with E-state index in [0.29, 0.717) is 0 Å². The highest BCUT2D eigenvalue weighted by molar-refractivity contribution is 7.89. The summed E-state index contributed by atoms with van der Waals surface area (Å²) in [5.74, 6) is 0. The number of sulfonamides is 1. The molecular weight excluding hydrogens is 297 g/mol. The smallest absolute Gasteiger partial charge is 0.395 e. The molecule has 1 rings (SSSR count). The van der Waals surface area contributed by atoms with Crippen LogP contribution in [0.1, 0.15) is 5.56 Å². The number of alkyl halides is 3. The van der Waals surface area contributed by atoms with Gasteiger partial charge in [0.05, 0.1) is 11.5 Å². The molecule has 1 aromatic carbocycles. The Morgan fingerprint density at radius 2 is 1.85 bits per heavy atom. The summed E-state index contributed by atoms with van der Waals surface area (Å²) in [7, 11) is -4.37. The highest BCUT2D eigenvalue weighted by Gasteiger charge is 2.37. The van der Waals surface area contributed by atoms with Crippen molar-refractivity contribution in [2.75, 3.05) is 19.7 Å². The summed E-state index contributed by atoms with van der Waals surface area (Å²) in [4.78, 5) is -0.278. The SMILES string of the molecule is NCc1ccccc1S(=O)(=O)N(CCO)CC(F)(F)F. The van der Waals surface area contributed by atoms with Gasteiger partial charge in [0, 0.05) is 13.1 Å². The highest BCUT2D eigenvalue weighted by Crippen LogP contribution is 2.24. The molecule has 0 atom stereocenters. The summed E-state index contributed by atoms with van der Waals surface area (Å²) < 4.78 is 62.0. The molecule has 0 radical (unpaired) electrons. The van der Waals surface area contributed by atoms with Crippen LogP contribution in [0.25, 0.3) is 0 Å². The van der Waals surface area contributed by atoms with Gasteiger partial charge in [0.2, 0.25) is 10.0 Å². The zero-order valence-corrected chi connectivity index (χ0v) is 11.3. The zero-order chi connectivity index (χ0) is 15.4. The average molecular weight is 312 g/mol. The van der Waals surface area contributed by atoms with Crippen molar-refractivity contribution in [2.45, 2.75) is 17.6 Å². The quantitative estimate of drug-likeness (QED) is 0.809. The third-order valence-electron chi connectivity index (χ3n) is 2.52. The van der Waals surface area contributed by atoms with E-state index in [0.717, 1.165) is 0 Å². The summed E-state index contributed by atoms with van der Waals surface area (Å²) in [6.45, 7) is -3.12. The van der Waals surface area contributed by atoms with Crippen molar-refractivity contribution in [3.8, 4) is 0 Å². The Morgan fingerprint density at radius 3 is 2.35 bits per heavy atom. The maximum Gasteiger partial charge on any atom is 0.402 e. The van der Waals surface area contributed by atoms with Gasteiger partial charge in [-0.05, 0) is 11.6 Å². The van der Waals surface area contributed by atoms with Crippen LogP contribution in [0.2, 0.25) is 0 Å². The van der Waals surface area contributed by atoms with Crippen molar-refractivity contribution in [2.24, 2.45) is 5.73 Å². The fraction of sp³-hybridized carbons (Fsp3) is 0.455. The molecule has 1 aromatic rings. The molecule has 9 heteroatoms. The lowest BCUT2D eigenvalue weighted by Crippen LogP contribution is -2.41. The fourth-order valence-corrected chi connectivity index (χ4v) is 3.31. The molecule has 0 spiro atoms. The predicted molar refractivity (Wildman–Crippen MR) is 66.2 cm³/mol. The van der Waals surface area contributed by atoms with Crippen LogP contribution in [0.4, 0.5) is 13.2 Å². The van der Waals surface area contributed by atoms with Gasteiger partial charge in [-0.3, -0.25) is 0 Å². The number of benzene rings is 1. The normalized spacial score (nSPS) is 12.9. The highest BCUT2D eigenvalue weighted by atomic mass is 32.2. The lowest BCUT2D eigenvalue weighted by atomic mass is 10.2. The van der Waals surface area contributed by atoms with Crippen molar-refractivity contribution >= 4 is 10.0 Å². The van der Waals surface area contributed by atoms with Crippen LogP contribution in [-0.4, -0.2) is 43.7 Å². The second-order valence-electron chi connectivity index (χ2n) is 3.99. The van der Waals surface area contributed by atoms with Crippen LogP contribution >= 0.6 is 0 Å². The van der Waals surface area contributed by atoms with E-state index in [1.807, 2.05) is 0 Å². The summed E-state index contributed by atoms with van der Waals surface area (Å²) in [6.07, 6.45) is -4.69. The van der Waals surface area contributed by atoms with E-state index >= 15 is 0 Å². The van der Waals surface area contributed by atoms with E-state index in [2.05, 4.69) is 0 Å². The number of nitrogens with zero attached hydrogens (tertiary/aromatic N) is 1. The molecule has 0 aliphatic rings. The van der Waals surface area contributed by atoms with Gasteiger partial charge in [-0.15, -0.1) is 0 Å². The molecule has 0 aliphatic carbocycles. The first-order valence-corrected chi connectivity index (χ1v) is 7.12. The van der Waals surface area contributed by atoms with Gasteiger partial charge in [-0.25, -0.2) is 8.42 Å². The zero-order valence-electron chi connectivity index (χ0n) is 10.5. The van der Waals surface area contributed by atoms with Crippen LogP contribution < -0.4 is 5.73 Å². The van der Waals surface area contributed by atoms with Crippen LogP contribution in [0.5, 0.6) is 0 Å². The van der Waals surface area contributed by atoms with Gasteiger partial charge in [0.15, 0.2) is 0 Å². The largest absolute Gasteiger partial charge is 0.402 e. The van der Waals surface area contributed by atoms with E-state index < -0.39 is 35.9 Å². The monoisotopic (exact) mass is 312 g/mol. The van der Waals surface area contributed by atoms with Crippen molar-refractivity contribution in [1.82, 2.24) is 4.31 Å². The number of hydrogen-bond acceptors (Lipinski definition) is 4. The van der Waals surface area contributed by atoms with Gasteiger partial charge in [-0.2, -0.15) is 17.5 Å². The molecule has 0 fully saturated rings. The standard InChI is InChI=1S/C11H15F3N2O3S/c12-11(13,14)8-16(5-6-17)20(18,19)10-4-2-1-3-9(10)7-15/h1-4,17H,5-8,15H2. The van der Waals surface area contributed by atoms with E-state index in [1.165, 1.54) is 18.2 Å². The minimum absolute atomic E-state index is 0.117. The minimum atomic E-state index is -4.69. The molecule has 0 amide bonds. The molecule has 20 heavy (non-hydrogen) atoms. The molecule has 0 saturated carbocycles. The molecule has 0 heterocycles. The van der Waals surface area contributed by atoms with Crippen LogP contribution in [0.3, 0.4) is 0 Å². The molecule has 0 unspecified atom stereocenters. The predicted octanol–water partition coefficient (Wildman–Crippen LogP) is 0.691.